The molecule has 1 aromatic heterocycles. The molecule has 0 saturated heterocycles. The summed E-state index contributed by atoms with van der Waals surface area (Å²) in [6.07, 6.45) is 2.04. The second-order valence-electron chi connectivity index (χ2n) is 6.11. The summed E-state index contributed by atoms with van der Waals surface area (Å²) in [4.78, 5) is 0. The van der Waals surface area contributed by atoms with Crippen LogP contribution in [0, 0.1) is 0 Å². The lowest BCUT2D eigenvalue weighted by Gasteiger charge is -2.11. The minimum atomic E-state index is 0.375. The van der Waals surface area contributed by atoms with Crippen LogP contribution in [-0.4, -0.2) is 15.8 Å². The van der Waals surface area contributed by atoms with Crippen LogP contribution < -0.4 is 5.32 Å². The first-order chi connectivity index (χ1) is 9.88. The van der Waals surface area contributed by atoms with E-state index in [2.05, 4.69) is 50.2 Å². The molecule has 1 N–H and O–H groups in total. The molecule has 0 spiro atoms. The molecule has 0 saturated carbocycles. The van der Waals surface area contributed by atoms with Gasteiger partial charge in [-0.1, -0.05) is 51.4 Å². The minimum Gasteiger partial charge on any atom is -0.310 e. The summed E-state index contributed by atoms with van der Waals surface area (Å²) in [5, 5.41) is 8.75. The van der Waals surface area contributed by atoms with Crippen molar-refractivity contribution in [1.29, 1.82) is 0 Å². The molecule has 1 heterocycles. The summed E-state index contributed by atoms with van der Waals surface area (Å²) in [5.41, 5.74) is 4.47. The molecule has 3 nitrogen and oxygen atoms in total. The van der Waals surface area contributed by atoms with E-state index >= 15 is 0 Å². The van der Waals surface area contributed by atoms with Crippen LogP contribution >= 0.6 is 11.6 Å². The number of aromatic nitrogens is 2. The van der Waals surface area contributed by atoms with Gasteiger partial charge in [-0.3, -0.25) is 4.68 Å². The van der Waals surface area contributed by atoms with Gasteiger partial charge >= 0.3 is 0 Å². The summed E-state index contributed by atoms with van der Waals surface area (Å²) in [7, 11) is 1.95. The zero-order valence-electron chi connectivity index (χ0n) is 13.4. The summed E-state index contributed by atoms with van der Waals surface area (Å²) in [5.74, 6) is 0.375. The van der Waals surface area contributed by atoms with E-state index in [0.717, 1.165) is 28.4 Å². The monoisotopic (exact) mass is 305 g/mol. The van der Waals surface area contributed by atoms with Crippen LogP contribution in [0.3, 0.4) is 0 Å². The largest absolute Gasteiger partial charge is 0.310 e. The van der Waals surface area contributed by atoms with Gasteiger partial charge in [-0.25, -0.2) is 0 Å². The molecule has 4 heteroatoms. The molecule has 2 aromatic rings. The lowest BCUT2D eigenvalue weighted by molar-refractivity contribution is 0.589. The highest BCUT2D eigenvalue weighted by Gasteiger charge is 2.15. The molecule has 0 aliphatic heterocycles. The number of hydrogen-bond donors (Lipinski definition) is 1. The minimum absolute atomic E-state index is 0.375. The lowest BCUT2D eigenvalue weighted by atomic mass is 9.99. The fraction of sp³-hybridized carbons (Fsp3) is 0.471. The van der Waals surface area contributed by atoms with E-state index in [4.69, 9.17) is 11.6 Å². The second-order valence-corrected chi connectivity index (χ2v) is 6.51. The van der Waals surface area contributed by atoms with Gasteiger partial charge in [-0.15, -0.1) is 0 Å². The molecule has 0 amide bonds. The smallest absolute Gasteiger partial charge is 0.0728 e. The van der Waals surface area contributed by atoms with Crippen molar-refractivity contribution in [2.24, 2.45) is 7.05 Å². The fourth-order valence-corrected chi connectivity index (χ4v) is 2.65. The first kappa shape index (κ1) is 16.1. The normalized spacial score (nSPS) is 11.6. The van der Waals surface area contributed by atoms with E-state index in [-0.39, 0.29) is 0 Å². The predicted octanol–water partition coefficient (Wildman–Crippen LogP) is 4.36. The standard InChI is InChI=1S/C17H24ClN3/c1-11(2)17-15(10-21(5)20-17)14-7-6-13(8-16(14)18)9-19-12(3)4/h6-8,10-12,19H,9H2,1-5H3. The number of aryl methyl sites for hydroxylation is 1. The summed E-state index contributed by atoms with van der Waals surface area (Å²) in [6.45, 7) is 9.42. The Morgan fingerprint density at radius 3 is 2.48 bits per heavy atom. The van der Waals surface area contributed by atoms with Crippen LogP contribution in [0.5, 0.6) is 0 Å². The number of rotatable bonds is 5. The zero-order valence-corrected chi connectivity index (χ0v) is 14.2. The Kier molecular flexibility index (Phi) is 5.07. The predicted molar refractivity (Wildman–Crippen MR) is 89.7 cm³/mol. The Bertz CT molecular complexity index is 614. The molecule has 0 fully saturated rings. The van der Waals surface area contributed by atoms with Crippen molar-refractivity contribution in [3.63, 3.8) is 0 Å². The Hall–Kier alpha value is -1.32. The van der Waals surface area contributed by atoms with Gasteiger partial charge in [0.2, 0.25) is 0 Å². The van der Waals surface area contributed by atoms with Gasteiger partial charge in [0, 0.05) is 42.0 Å². The van der Waals surface area contributed by atoms with Gasteiger partial charge in [-0.2, -0.15) is 5.10 Å². The summed E-state index contributed by atoms with van der Waals surface area (Å²) >= 11 is 6.50. The molecule has 0 aliphatic carbocycles. The molecule has 114 valence electrons. The Balaban J connectivity index is 2.33. The number of halogens is 1. The molecule has 0 aliphatic rings. The van der Waals surface area contributed by atoms with E-state index in [0.29, 0.717) is 12.0 Å². The van der Waals surface area contributed by atoms with Crippen LogP contribution in [0.2, 0.25) is 5.02 Å². The van der Waals surface area contributed by atoms with Gasteiger partial charge < -0.3 is 5.32 Å². The van der Waals surface area contributed by atoms with E-state index in [1.165, 1.54) is 5.56 Å². The van der Waals surface area contributed by atoms with E-state index in [1.54, 1.807) is 0 Å². The fourth-order valence-electron chi connectivity index (χ4n) is 2.35. The zero-order chi connectivity index (χ0) is 15.6. The third-order valence-electron chi connectivity index (χ3n) is 3.44. The van der Waals surface area contributed by atoms with Crippen LogP contribution in [0.1, 0.15) is 44.9 Å². The Labute approximate surface area is 132 Å². The lowest BCUT2D eigenvalue weighted by Crippen LogP contribution is -2.21. The van der Waals surface area contributed by atoms with Gasteiger partial charge in [-0.05, 0) is 17.5 Å². The number of nitrogens with one attached hydrogen (secondary N) is 1. The highest BCUT2D eigenvalue weighted by atomic mass is 35.5. The van der Waals surface area contributed by atoms with Crippen LogP contribution in [-0.2, 0) is 13.6 Å². The third-order valence-corrected chi connectivity index (χ3v) is 3.76. The van der Waals surface area contributed by atoms with Crippen LogP contribution in [0.25, 0.3) is 11.1 Å². The molecule has 0 radical (unpaired) electrons. The summed E-state index contributed by atoms with van der Waals surface area (Å²) < 4.78 is 1.86. The van der Waals surface area contributed by atoms with Crippen LogP contribution in [0.4, 0.5) is 0 Å². The molecule has 0 unspecified atom stereocenters. The Morgan fingerprint density at radius 1 is 1.19 bits per heavy atom. The summed E-state index contributed by atoms with van der Waals surface area (Å²) in [6, 6.07) is 6.74. The molecule has 21 heavy (non-hydrogen) atoms. The molecule has 0 bridgehead atoms. The van der Waals surface area contributed by atoms with E-state index < -0.39 is 0 Å². The van der Waals surface area contributed by atoms with E-state index in [1.807, 2.05) is 24.0 Å². The topological polar surface area (TPSA) is 29.9 Å². The number of hydrogen-bond acceptors (Lipinski definition) is 2. The SMILES string of the molecule is CC(C)NCc1ccc(-c2cn(C)nc2C(C)C)c(Cl)c1. The molecule has 0 atom stereocenters. The van der Waals surface area contributed by atoms with Crippen molar-refractivity contribution >= 4 is 11.6 Å². The van der Waals surface area contributed by atoms with Crippen LogP contribution in [0.15, 0.2) is 24.4 Å². The average molecular weight is 306 g/mol. The van der Waals surface area contributed by atoms with E-state index in [9.17, 15) is 0 Å². The maximum Gasteiger partial charge on any atom is 0.0728 e. The van der Waals surface area contributed by atoms with Gasteiger partial charge in [0.15, 0.2) is 0 Å². The average Bonchev–Trinajstić information content (AvgIpc) is 2.78. The molecular formula is C17H24ClN3. The number of nitrogens with zero attached hydrogens (tertiary/aromatic N) is 2. The van der Waals surface area contributed by atoms with Crippen molar-refractivity contribution in [2.45, 2.75) is 46.2 Å². The first-order valence-corrected chi connectivity index (χ1v) is 7.82. The van der Waals surface area contributed by atoms with Gasteiger partial charge in [0.1, 0.15) is 0 Å². The molecule has 1 aromatic carbocycles. The quantitative estimate of drug-likeness (QED) is 0.889. The molecule has 2 rings (SSSR count). The van der Waals surface area contributed by atoms with Gasteiger partial charge in [0.25, 0.3) is 0 Å². The number of benzene rings is 1. The van der Waals surface area contributed by atoms with Crippen molar-refractivity contribution in [3.8, 4) is 11.1 Å². The second kappa shape index (κ2) is 6.63. The van der Waals surface area contributed by atoms with Crippen molar-refractivity contribution < 1.29 is 0 Å². The van der Waals surface area contributed by atoms with Crippen molar-refractivity contribution in [2.75, 3.05) is 0 Å². The Morgan fingerprint density at radius 2 is 1.90 bits per heavy atom. The maximum absolute atomic E-state index is 6.50. The van der Waals surface area contributed by atoms with Crippen molar-refractivity contribution in [1.82, 2.24) is 15.1 Å². The third kappa shape index (κ3) is 3.86. The first-order valence-electron chi connectivity index (χ1n) is 7.44. The highest BCUT2D eigenvalue weighted by Crippen LogP contribution is 2.33. The maximum atomic E-state index is 6.50. The van der Waals surface area contributed by atoms with Crippen molar-refractivity contribution in [3.05, 3.63) is 40.7 Å². The molecular weight excluding hydrogens is 282 g/mol. The van der Waals surface area contributed by atoms with Gasteiger partial charge in [0.05, 0.1) is 5.69 Å². The highest BCUT2D eigenvalue weighted by molar-refractivity contribution is 6.33.